The van der Waals surface area contributed by atoms with E-state index in [2.05, 4.69) is 20.3 Å². The van der Waals surface area contributed by atoms with Gasteiger partial charge in [0.05, 0.1) is 24.7 Å². The maximum absolute atomic E-state index is 12.2. The Balaban J connectivity index is 1.86. The summed E-state index contributed by atoms with van der Waals surface area (Å²) in [5.74, 6) is 0.442. The van der Waals surface area contributed by atoms with Crippen LogP contribution in [0.5, 0.6) is 5.88 Å². The predicted molar refractivity (Wildman–Crippen MR) is 97.8 cm³/mol. The Morgan fingerprint density at radius 2 is 1.96 bits per heavy atom. The molecule has 1 aromatic heterocycles. The molecule has 1 heterocycles. The largest absolute Gasteiger partial charge is 0.475 e. The lowest BCUT2D eigenvalue weighted by molar-refractivity contribution is 0.144. The lowest BCUT2D eigenvalue weighted by atomic mass is 9.91. The zero-order valence-corrected chi connectivity index (χ0v) is 15.8. The molecule has 2 rings (SSSR count). The number of rotatable bonds is 8. The first-order valence-corrected chi connectivity index (χ1v) is 10.4. The third-order valence-electron chi connectivity index (χ3n) is 3.98. The van der Waals surface area contributed by atoms with E-state index in [1.165, 1.54) is 6.20 Å². The van der Waals surface area contributed by atoms with E-state index in [9.17, 15) is 13.2 Å². The highest BCUT2D eigenvalue weighted by Crippen LogP contribution is 2.19. The second-order valence-electron chi connectivity index (χ2n) is 6.21. The minimum atomic E-state index is -3.32. The van der Waals surface area contributed by atoms with E-state index >= 15 is 0 Å². The molecule has 2 amide bonds. The van der Waals surface area contributed by atoms with Crippen molar-refractivity contribution in [3.63, 3.8) is 0 Å². The van der Waals surface area contributed by atoms with Gasteiger partial charge in [0.25, 0.3) is 0 Å². The molecule has 1 aromatic rings. The van der Waals surface area contributed by atoms with Gasteiger partial charge in [-0.15, -0.1) is 0 Å². The molecule has 146 valence electrons. The van der Waals surface area contributed by atoms with Crippen molar-refractivity contribution < 1.29 is 22.7 Å². The molecular formula is C16H26N4O5S. The van der Waals surface area contributed by atoms with E-state index in [-0.39, 0.29) is 12.1 Å². The van der Waals surface area contributed by atoms with Crippen molar-refractivity contribution >= 4 is 21.7 Å². The zero-order chi connectivity index (χ0) is 19.0. The Hall–Kier alpha value is -1.91. The summed E-state index contributed by atoms with van der Waals surface area (Å²) in [6.45, 7) is 0.862. The maximum Gasteiger partial charge on any atom is 0.319 e. The molecule has 3 N–H and O–H groups in total. The number of hydrogen-bond donors (Lipinski definition) is 3. The van der Waals surface area contributed by atoms with Gasteiger partial charge in [0, 0.05) is 25.3 Å². The van der Waals surface area contributed by atoms with Crippen LogP contribution in [0.4, 0.5) is 10.5 Å². The number of carbonyl (C=O) groups is 1. The van der Waals surface area contributed by atoms with Gasteiger partial charge >= 0.3 is 6.03 Å². The molecule has 9 nitrogen and oxygen atoms in total. The van der Waals surface area contributed by atoms with Gasteiger partial charge in [-0.3, -0.25) is 0 Å². The van der Waals surface area contributed by atoms with Crippen LogP contribution in [0.1, 0.15) is 25.7 Å². The van der Waals surface area contributed by atoms with Crippen LogP contribution in [0.25, 0.3) is 0 Å². The van der Waals surface area contributed by atoms with Crippen molar-refractivity contribution in [1.29, 1.82) is 0 Å². The first-order valence-electron chi connectivity index (χ1n) is 8.50. The molecule has 10 heteroatoms. The smallest absolute Gasteiger partial charge is 0.319 e. The first-order chi connectivity index (χ1) is 12.4. The zero-order valence-electron chi connectivity index (χ0n) is 15.0. The second-order valence-corrected chi connectivity index (χ2v) is 7.99. The van der Waals surface area contributed by atoms with Gasteiger partial charge in [-0.1, -0.05) is 12.8 Å². The van der Waals surface area contributed by atoms with Crippen molar-refractivity contribution in [2.75, 3.05) is 31.9 Å². The van der Waals surface area contributed by atoms with Gasteiger partial charge in [-0.25, -0.2) is 22.9 Å². The van der Waals surface area contributed by atoms with E-state index < -0.39 is 16.1 Å². The van der Waals surface area contributed by atoms with Crippen LogP contribution in [0.15, 0.2) is 18.3 Å². The third kappa shape index (κ3) is 7.14. The fraction of sp³-hybridized carbons (Fsp3) is 0.625. The quantitative estimate of drug-likeness (QED) is 0.576. The number of anilines is 1. The second kappa shape index (κ2) is 9.70. The van der Waals surface area contributed by atoms with Crippen molar-refractivity contribution in [3.05, 3.63) is 18.3 Å². The lowest BCUT2D eigenvalue weighted by Gasteiger charge is -2.32. The minimum Gasteiger partial charge on any atom is -0.475 e. The molecule has 0 radical (unpaired) electrons. The molecule has 1 fully saturated rings. The van der Waals surface area contributed by atoms with Crippen LogP contribution in [0.3, 0.4) is 0 Å². The number of ether oxygens (including phenoxy) is 2. The molecule has 0 aromatic carbocycles. The summed E-state index contributed by atoms with van der Waals surface area (Å²) in [5, 5.41) is 5.54. The van der Waals surface area contributed by atoms with Gasteiger partial charge in [-0.05, 0) is 18.9 Å². The molecule has 1 aliphatic carbocycles. The number of pyridine rings is 1. The van der Waals surface area contributed by atoms with Gasteiger partial charge < -0.3 is 20.1 Å². The van der Waals surface area contributed by atoms with Crippen LogP contribution in [-0.2, 0) is 14.8 Å². The van der Waals surface area contributed by atoms with Crippen LogP contribution in [0, 0.1) is 0 Å². The fourth-order valence-corrected chi connectivity index (χ4v) is 3.66. The van der Waals surface area contributed by atoms with E-state index in [0.29, 0.717) is 31.2 Å². The van der Waals surface area contributed by atoms with E-state index in [1.54, 1.807) is 19.2 Å². The number of hydrogen-bond acceptors (Lipinski definition) is 6. The molecule has 1 saturated carbocycles. The third-order valence-corrected chi connectivity index (χ3v) is 4.71. The van der Waals surface area contributed by atoms with Gasteiger partial charge in [-0.2, -0.15) is 0 Å². The summed E-state index contributed by atoms with van der Waals surface area (Å²) in [4.78, 5) is 16.3. The fourth-order valence-electron chi connectivity index (χ4n) is 2.82. The van der Waals surface area contributed by atoms with Crippen molar-refractivity contribution in [2.24, 2.45) is 0 Å². The van der Waals surface area contributed by atoms with Gasteiger partial charge in [0.1, 0.15) is 6.61 Å². The number of methoxy groups -OCH3 is 1. The molecule has 0 unspecified atom stereocenters. The summed E-state index contributed by atoms with van der Waals surface area (Å²) in [6.07, 6.45) is 5.93. The summed E-state index contributed by atoms with van der Waals surface area (Å²) < 4.78 is 35.8. The number of urea groups is 1. The van der Waals surface area contributed by atoms with E-state index in [4.69, 9.17) is 9.47 Å². The standard InChI is InChI=1S/C16H26N4O5S/c1-24-9-10-25-15-8-7-12(11-17-15)18-16(21)19-13-5-3-4-6-14(13)20-26(2,22)23/h7-8,11,13-14,20H,3-6,9-10H2,1-2H3,(H2,18,19,21)/t13-,14-/m1/s1. The van der Waals surface area contributed by atoms with Crippen molar-refractivity contribution in [1.82, 2.24) is 15.0 Å². The van der Waals surface area contributed by atoms with Gasteiger partial charge in [0.2, 0.25) is 15.9 Å². The maximum atomic E-state index is 12.2. The highest BCUT2D eigenvalue weighted by molar-refractivity contribution is 7.88. The highest BCUT2D eigenvalue weighted by Gasteiger charge is 2.28. The van der Waals surface area contributed by atoms with Crippen LogP contribution in [-0.4, -0.2) is 58.1 Å². The average Bonchev–Trinajstić information content (AvgIpc) is 2.57. The Kier molecular flexibility index (Phi) is 7.61. The number of sulfonamides is 1. The Morgan fingerprint density at radius 3 is 2.58 bits per heavy atom. The Bertz CT molecular complexity index is 680. The molecular weight excluding hydrogens is 360 g/mol. The highest BCUT2D eigenvalue weighted by atomic mass is 32.2. The SMILES string of the molecule is COCCOc1ccc(NC(=O)N[C@@H]2CCCC[C@H]2NS(C)(=O)=O)cn1. The number of carbonyl (C=O) groups excluding carboxylic acids is 1. The molecule has 26 heavy (non-hydrogen) atoms. The van der Waals surface area contributed by atoms with Crippen LogP contribution < -0.4 is 20.1 Å². The molecule has 0 spiro atoms. The van der Waals surface area contributed by atoms with Crippen molar-refractivity contribution in [2.45, 2.75) is 37.8 Å². The lowest BCUT2D eigenvalue weighted by Crippen LogP contribution is -2.53. The van der Waals surface area contributed by atoms with E-state index in [0.717, 1.165) is 25.5 Å². The summed E-state index contributed by atoms with van der Waals surface area (Å²) in [7, 11) is -1.73. The molecule has 0 aliphatic heterocycles. The molecule has 1 aliphatic rings. The molecule has 0 saturated heterocycles. The summed E-state index contributed by atoms with van der Waals surface area (Å²) in [6, 6.07) is 2.40. The summed E-state index contributed by atoms with van der Waals surface area (Å²) >= 11 is 0. The van der Waals surface area contributed by atoms with Crippen LogP contribution in [0.2, 0.25) is 0 Å². The minimum absolute atomic E-state index is 0.247. The molecule has 2 atom stereocenters. The Morgan fingerprint density at radius 1 is 1.23 bits per heavy atom. The Labute approximate surface area is 153 Å². The number of nitrogens with zero attached hydrogens (tertiary/aromatic N) is 1. The first kappa shape index (κ1) is 20.4. The topological polar surface area (TPSA) is 119 Å². The number of nitrogens with one attached hydrogen (secondary N) is 3. The number of aromatic nitrogens is 1. The predicted octanol–water partition coefficient (Wildman–Crippen LogP) is 1.09. The van der Waals surface area contributed by atoms with Crippen molar-refractivity contribution in [3.8, 4) is 5.88 Å². The van der Waals surface area contributed by atoms with Crippen LogP contribution >= 0.6 is 0 Å². The van der Waals surface area contributed by atoms with E-state index in [1.807, 2.05) is 0 Å². The summed E-state index contributed by atoms with van der Waals surface area (Å²) in [5.41, 5.74) is 0.519. The molecule has 0 bridgehead atoms. The monoisotopic (exact) mass is 386 g/mol. The van der Waals surface area contributed by atoms with Gasteiger partial charge in [0.15, 0.2) is 0 Å². The normalized spacial score (nSPS) is 20.4. The average molecular weight is 386 g/mol. The number of amides is 2.